The van der Waals surface area contributed by atoms with Gasteiger partial charge in [0.05, 0.1) is 12.6 Å². The fraction of sp³-hybridized carbons (Fsp3) is 0.333. The number of benzene rings is 1. The topological polar surface area (TPSA) is 35.0 Å². The number of hydrogen-bond donors (Lipinski definition) is 0. The van der Waals surface area contributed by atoms with Gasteiger partial charge in [-0.15, -0.1) is 0 Å². The van der Waals surface area contributed by atoms with Crippen molar-refractivity contribution in [3.63, 3.8) is 0 Å². The zero-order valence-corrected chi connectivity index (χ0v) is 10.1. The highest BCUT2D eigenvalue weighted by molar-refractivity contribution is 6.34. The first kappa shape index (κ1) is 11.1. The monoisotopic (exact) mass is 236 g/mol. The van der Waals surface area contributed by atoms with E-state index >= 15 is 0 Å². The Morgan fingerprint density at radius 3 is 2.81 bits per heavy atom. The quantitative estimate of drug-likeness (QED) is 0.768. The van der Waals surface area contributed by atoms with Crippen molar-refractivity contribution >= 4 is 22.5 Å². The number of ether oxygens (including phenoxy) is 1. The molecule has 0 saturated heterocycles. The van der Waals surface area contributed by atoms with Gasteiger partial charge in [0, 0.05) is 11.5 Å². The van der Waals surface area contributed by atoms with E-state index < -0.39 is 0 Å². The summed E-state index contributed by atoms with van der Waals surface area (Å²) in [6.07, 6.45) is 3.49. The van der Waals surface area contributed by atoms with Crippen molar-refractivity contribution < 1.29 is 4.74 Å². The third-order valence-corrected chi connectivity index (χ3v) is 2.81. The highest BCUT2D eigenvalue weighted by atomic mass is 35.5. The molecule has 16 heavy (non-hydrogen) atoms. The molecule has 4 heteroatoms. The molecule has 0 N–H and O–H groups in total. The smallest absolute Gasteiger partial charge is 0.140 e. The average molecular weight is 237 g/mol. The molecule has 3 nitrogen and oxygen atoms in total. The number of aryl methyl sites for hydroxylation is 1. The SMILES string of the molecule is CCCc1cc2c(Cl)ncnc2cc1OC. The van der Waals surface area contributed by atoms with Crippen LogP contribution in [0.2, 0.25) is 5.15 Å². The van der Waals surface area contributed by atoms with Crippen LogP contribution in [0.1, 0.15) is 18.9 Å². The van der Waals surface area contributed by atoms with Gasteiger partial charge >= 0.3 is 0 Å². The van der Waals surface area contributed by atoms with Crippen molar-refractivity contribution in [1.82, 2.24) is 9.97 Å². The molecule has 0 unspecified atom stereocenters. The van der Waals surface area contributed by atoms with Crippen molar-refractivity contribution in [3.05, 3.63) is 29.2 Å². The van der Waals surface area contributed by atoms with Crippen molar-refractivity contribution in [2.75, 3.05) is 7.11 Å². The first-order chi connectivity index (χ1) is 7.76. The number of aromatic nitrogens is 2. The Hall–Kier alpha value is -1.35. The second kappa shape index (κ2) is 4.66. The number of hydrogen-bond acceptors (Lipinski definition) is 3. The van der Waals surface area contributed by atoms with Gasteiger partial charge in [0.25, 0.3) is 0 Å². The van der Waals surface area contributed by atoms with Crippen molar-refractivity contribution in [2.24, 2.45) is 0 Å². The zero-order valence-electron chi connectivity index (χ0n) is 9.33. The minimum Gasteiger partial charge on any atom is -0.496 e. The molecule has 0 aliphatic carbocycles. The molecule has 2 aromatic rings. The Morgan fingerprint density at radius 2 is 2.12 bits per heavy atom. The van der Waals surface area contributed by atoms with Gasteiger partial charge in [-0.2, -0.15) is 0 Å². The van der Waals surface area contributed by atoms with Crippen LogP contribution < -0.4 is 4.74 Å². The summed E-state index contributed by atoms with van der Waals surface area (Å²) >= 11 is 6.03. The van der Waals surface area contributed by atoms with E-state index in [9.17, 15) is 0 Å². The van der Waals surface area contributed by atoms with Crippen LogP contribution in [0.25, 0.3) is 10.9 Å². The van der Waals surface area contributed by atoms with E-state index in [1.807, 2.05) is 12.1 Å². The summed E-state index contributed by atoms with van der Waals surface area (Å²) in [7, 11) is 1.67. The van der Waals surface area contributed by atoms with Crippen LogP contribution >= 0.6 is 11.6 Å². The largest absolute Gasteiger partial charge is 0.496 e. The molecule has 84 valence electrons. The van der Waals surface area contributed by atoms with Crippen LogP contribution in [0.5, 0.6) is 5.75 Å². The minimum atomic E-state index is 0.491. The van der Waals surface area contributed by atoms with E-state index in [1.54, 1.807) is 7.11 Å². The molecular weight excluding hydrogens is 224 g/mol. The van der Waals surface area contributed by atoms with Gasteiger partial charge in [0.15, 0.2) is 0 Å². The Labute approximate surface area is 99.4 Å². The van der Waals surface area contributed by atoms with Gasteiger partial charge in [-0.25, -0.2) is 9.97 Å². The summed E-state index contributed by atoms with van der Waals surface area (Å²) in [6.45, 7) is 2.13. The second-order valence-corrected chi connectivity index (χ2v) is 3.95. The van der Waals surface area contributed by atoms with Crippen molar-refractivity contribution in [2.45, 2.75) is 19.8 Å². The highest BCUT2D eigenvalue weighted by Gasteiger charge is 2.08. The first-order valence-corrected chi connectivity index (χ1v) is 5.61. The fourth-order valence-electron chi connectivity index (χ4n) is 1.75. The van der Waals surface area contributed by atoms with Crippen molar-refractivity contribution in [1.29, 1.82) is 0 Å². The molecule has 1 aromatic heterocycles. The summed E-state index contributed by atoms with van der Waals surface area (Å²) in [6, 6.07) is 3.92. The van der Waals surface area contributed by atoms with Crippen LogP contribution in [-0.2, 0) is 6.42 Å². The number of halogens is 1. The Balaban J connectivity index is 2.65. The maximum atomic E-state index is 6.03. The third kappa shape index (κ3) is 1.95. The Bertz CT molecular complexity index is 514. The van der Waals surface area contributed by atoms with Gasteiger partial charge in [-0.1, -0.05) is 24.9 Å². The van der Waals surface area contributed by atoms with E-state index in [0.717, 1.165) is 35.1 Å². The molecule has 2 rings (SSSR count). The minimum absolute atomic E-state index is 0.491. The molecule has 0 bridgehead atoms. The van der Waals surface area contributed by atoms with Crippen LogP contribution in [0.3, 0.4) is 0 Å². The molecule has 1 heterocycles. The summed E-state index contributed by atoms with van der Waals surface area (Å²) in [5.74, 6) is 0.865. The maximum Gasteiger partial charge on any atom is 0.140 e. The molecule has 0 aliphatic rings. The van der Waals surface area contributed by atoms with Gasteiger partial charge in [-0.05, 0) is 18.1 Å². The maximum absolute atomic E-state index is 6.03. The molecule has 0 spiro atoms. The van der Waals surface area contributed by atoms with E-state index in [4.69, 9.17) is 16.3 Å². The standard InChI is InChI=1S/C12H13ClN2O/c1-3-4-8-5-9-10(6-11(8)16-2)14-7-15-12(9)13/h5-7H,3-4H2,1-2H3. The van der Waals surface area contributed by atoms with Gasteiger partial charge in [-0.3, -0.25) is 0 Å². The molecule has 0 fully saturated rings. The lowest BCUT2D eigenvalue weighted by molar-refractivity contribution is 0.410. The van der Waals surface area contributed by atoms with Crippen LogP contribution in [0.4, 0.5) is 0 Å². The van der Waals surface area contributed by atoms with Gasteiger partial charge in [0.1, 0.15) is 17.2 Å². The molecule has 1 aromatic carbocycles. The van der Waals surface area contributed by atoms with Crippen LogP contribution in [0.15, 0.2) is 18.5 Å². The van der Waals surface area contributed by atoms with E-state index in [1.165, 1.54) is 6.33 Å². The Morgan fingerprint density at radius 1 is 1.31 bits per heavy atom. The Kier molecular flexibility index (Phi) is 3.25. The molecule has 0 amide bonds. The number of fused-ring (bicyclic) bond motifs is 1. The number of methoxy groups -OCH3 is 1. The number of rotatable bonds is 3. The zero-order chi connectivity index (χ0) is 11.5. The molecular formula is C12H13ClN2O. The summed E-state index contributed by atoms with van der Waals surface area (Å²) in [4.78, 5) is 8.15. The predicted octanol–water partition coefficient (Wildman–Crippen LogP) is 3.24. The van der Waals surface area contributed by atoms with Gasteiger partial charge < -0.3 is 4.74 Å². The number of nitrogens with zero attached hydrogens (tertiary/aromatic N) is 2. The third-order valence-electron chi connectivity index (χ3n) is 2.51. The first-order valence-electron chi connectivity index (χ1n) is 5.23. The summed E-state index contributed by atoms with van der Waals surface area (Å²) < 4.78 is 5.34. The van der Waals surface area contributed by atoms with Crippen LogP contribution in [-0.4, -0.2) is 17.1 Å². The lowest BCUT2D eigenvalue weighted by Crippen LogP contribution is -1.94. The van der Waals surface area contributed by atoms with Gasteiger partial charge in [0.2, 0.25) is 0 Å². The van der Waals surface area contributed by atoms with Crippen molar-refractivity contribution in [3.8, 4) is 5.75 Å². The van der Waals surface area contributed by atoms with Crippen LogP contribution in [0, 0.1) is 0 Å². The van der Waals surface area contributed by atoms with E-state index in [-0.39, 0.29) is 0 Å². The lowest BCUT2D eigenvalue weighted by Gasteiger charge is -2.09. The highest BCUT2D eigenvalue weighted by Crippen LogP contribution is 2.28. The normalized spacial score (nSPS) is 10.7. The summed E-state index contributed by atoms with van der Waals surface area (Å²) in [5, 5.41) is 1.37. The lowest BCUT2D eigenvalue weighted by atomic mass is 10.1. The molecule has 0 radical (unpaired) electrons. The predicted molar refractivity (Wildman–Crippen MR) is 65.1 cm³/mol. The summed E-state index contributed by atoms with van der Waals surface area (Å²) in [5.41, 5.74) is 1.96. The average Bonchev–Trinajstić information content (AvgIpc) is 2.30. The fourth-order valence-corrected chi connectivity index (χ4v) is 1.95. The molecule has 0 aliphatic heterocycles. The second-order valence-electron chi connectivity index (χ2n) is 3.60. The van der Waals surface area contributed by atoms with E-state index in [2.05, 4.69) is 16.9 Å². The molecule has 0 saturated carbocycles. The van der Waals surface area contributed by atoms with E-state index in [0.29, 0.717) is 5.15 Å². The molecule has 0 atom stereocenters.